The van der Waals surface area contributed by atoms with E-state index in [1.54, 1.807) is 18.2 Å². The van der Waals surface area contributed by atoms with Gasteiger partial charge in [0.05, 0.1) is 17.8 Å². The average Bonchev–Trinajstić information content (AvgIpc) is 3.66. The summed E-state index contributed by atoms with van der Waals surface area (Å²) < 4.78 is 6.48. The zero-order chi connectivity index (χ0) is 33.4. The summed E-state index contributed by atoms with van der Waals surface area (Å²) in [4.78, 5) is 18.6. The summed E-state index contributed by atoms with van der Waals surface area (Å²) in [5.41, 5.74) is 14.5. The van der Waals surface area contributed by atoms with Crippen molar-refractivity contribution in [2.75, 3.05) is 13.1 Å². The quantitative estimate of drug-likeness (QED) is 0.191. The number of carbonyl (C=O) groups is 1. The Hall–Kier alpha value is -4.04. The molecule has 4 heterocycles. The minimum atomic E-state index is -0.971. The average molecular weight is 650 g/mol. The summed E-state index contributed by atoms with van der Waals surface area (Å²) in [6.07, 6.45) is 10.5. The molecule has 0 saturated carbocycles. The van der Waals surface area contributed by atoms with Crippen LogP contribution in [-0.4, -0.2) is 52.2 Å². The summed E-state index contributed by atoms with van der Waals surface area (Å²) in [7, 11) is 0. The van der Waals surface area contributed by atoms with Gasteiger partial charge in [0, 0.05) is 37.9 Å². The number of phenols is 1. The van der Waals surface area contributed by atoms with Crippen LogP contribution in [0.3, 0.4) is 0 Å². The molecule has 0 saturated heterocycles. The van der Waals surface area contributed by atoms with E-state index in [2.05, 4.69) is 42.4 Å². The van der Waals surface area contributed by atoms with Crippen molar-refractivity contribution in [3.63, 3.8) is 0 Å². The second-order valence-corrected chi connectivity index (χ2v) is 13.8. The highest BCUT2D eigenvalue weighted by Gasteiger charge is 2.37. The second-order valence-electron chi connectivity index (χ2n) is 13.8. The SMILES string of the molecule is CC1C=CC(C(O)CC(=O)CCc2ccc(O)c(OC3CC#CC(O)c4ccc5c(c4CC4=CN=C6C[NH+]3C=C46)CCNC5N)c2)CC1. The Bertz CT molecular complexity index is 1780. The Balaban J connectivity index is 1.08. The van der Waals surface area contributed by atoms with Gasteiger partial charge in [0.1, 0.15) is 36.8 Å². The molecule has 2 aromatic rings. The van der Waals surface area contributed by atoms with Crippen molar-refractivity contribution in [2.24, 2.45) is 22.6 Å². The highest BCUT2D eigenvalue weighted by molar-refractivity contribution is 6.08. The number of aliphatic hydroxyl groups is 2. The number of ether oxygens (including phenoxy) is 1. The maximum atomic E-state index is 12.8. The topological polar surface area (TPSA) is 142 Å². The lowest BCUT2D eigenvalue weighted by molar-refractivity contribution is -0.882. The Labute approximate surface area is 281 Å². The zero-order valence-electron chi connectivity index (χ0n) is 27.4. The van der Waals surface area contributed by atoms with Gasteiger partial charge in [0.15, 0.2) is 11.5 Å². The Kier molecular flexibility index (Phi) is 9.36. The molecule has 1 aliphatic carbocycles. The lowest BCUT2D eigenvalue weighted by Crippen LogP contribution is -3.12. The van der Waals surface area contributed by atoms with Crippen LogP contribution in [0.4, 0.5) is 0 Å². The van der Waals surface area contributed by atoms with Crippen LogP contribution in [0.5, 0.6) is 11.5 Å². The summed E-state index contributed by atoms with van der Waals surface area (Å²) in [6, 6.07) is 9.13. The molecular formula is C39H45N4O5+. The van der Waals surface area contributed by atoms with Crippen molar-refractivity contribution in [2.45, 2.75) is 82.9 Å². The molecule has 5 aliphatic rings. The predicted molar refractivity (Wildman–Crippen MR) is 183 cm³/mol. The van der Waals surface area contributed by atoms with Crippen LogP contribution >= 0.6 is 0 Å². The van der Waals surface area contributed by atoms with Gasteiger partial charge in [-0.05, 0) is 77.1 Å². The van der Waals surface area contributed by atoms with E-state index in [0.717, 1.165) is 69.8 Å². The molecule has 0 spiro atoms. The normalized spacial score (nSPS) is 28.0. The minimum Gasteiger partial charge on any atom is -0.504 e. The predicted octanol–water partition coefficient (Wildman–Crippen LogP) is 2.86. The molecule has 7 N–H and O–H groups in total. The van der Waals surface area contributed by atoms with Gasteiger partial charge in [-0.15, -0.1) is 0 Å². The number of quaternary nitrogens is 1. The van der Waals surface area contributed by atoms with Crippen molar-refractivity contribution in [1.82, 2.24) is 5.32 Å². The molecule has 7 unspecified atom stereocenters. The molecule has 0 amide bonds. The molecule has 0 aromatic heterocycles. The lowest BCUT2D eigenvalue weighted by Gasteiger charge is -2.28. The van der Waals surface area contributed by atoms with Crippen LogP contribution in [0.25, 0.3) is 0 Å². The smallest absolute Gasteiger partial charge is 0.247 e. The summed E-state index contributed by atoms with van der Waals surface area (Å²) >= 11 is 0. The Morgan fingerprint density at radius 1 is 1.19 bits per heavy atom. The first-order valence-corrected chi connectivity index (χ1v) is 17.2. The number of nitrogens with one attached hydrogen (secondary N) is 2. The first kappa shape index (κ1) is 32.5. The van der Waals surface area contributed by atoms with Crippen molar-refractivity contribution >= 4 is 11.5 Å². The summed E-state index contributed by atoms with van der Waals surface area (Å²) in [5, 5.41) is 36.1. The fourth-order valence-corrected chi connectivity index (χ4v) is 7.62. The Morgan fingerprint density at radius 3 is 2.88 bits per heavy atom. The van der Waals surface area contributed by atoms with E-state index in [0.29, 0.717) is 43.9 Å². The number of nitrogens with zero attached hydrogens (tertiary/aromatic N) is 1. The lowest BCUT2D eigenvalue weighted by atomic mass is 9.84. The van der Waals surface area contributed by atoms with Crippen LogP contribution in [0.1, 0.15) is 79.1 Å². The molecule has 2 aromatic carbocycles. The van der Waals surface area contributed by atoms with Crippen molar-refractivity contribution < 1.29 is 29.8 Å². The number of aromatic hydroxyl groups is 1. The van der Waals surface area contributed by atoms with E-state index >= 15 is 0 Å². The number of benzene rings is 2. The van der Waals surface area contributed by atoms with Crippen LogP contribution < -0.4 is 20.7 Å². The van der Waals surface area contributed by atoms with E-state index in [4.69, 9.17) is 15.5 Å². The zero-order valence-corrected chi connectivity index (χ0v) is 27.4. The third kappa shape index (κ3) is 6.77. The number of rotatable bonds is 8. The van der Waals surface area contributed by atoms with Gasteiger partial charge >= 0.3 is 0 Å². The van der Waals surface area contributed by atoms with Gasteiger partial charge in [0.25, 0.3) is 0 Å². The van der Waals surface area contributed by atoms with Gasteiger partial charge in [-0.25, -0.2) is 0 Å². The van der Waals surface area contributed by atoms with Crippen LogP contribution in [0.15, 0.2) is 71.0 Å². The largest absolute Gasteiger partial charge is 0.504 e. The van der Waals surface area contributed by atoms with Crippen molar-refractivity contribution in [3.8, 4) is 23.3 Å². The third-order valence-electron chi connectivity index (χ3n) is 10.5. The van der Waals surface area contributed by atoms with Gasteiger partial charge < -0.3 is 25.8 Å². The molecule has 250 valence electrons. The second kappa shape index (κ2) is 13.8. The number of fused-ring (bicyclic) bond motifs is 4. The standard InChI is InChI=1S/C39H44N4O5/c1-23-5-9-25(10-6-23)36(47)19-27(44)11-7-24-8-14-35(46)37(17-24)48-38-4-2-3-34(45)29-12-13-30-28(15-16-41-39(30)40)31(29)18-26-20-42-33-22-43(38)21-32(26)33/h5,8-9,12-14,17,20-21,23,25,34,36,38-39,41,45-47H,4,6-7,10-11,15-16,18-19,22,40H2,1H3/p+1. The molecule has 48 heavy (non-hydrogen) atoms. The molecule has 0 fully saturated rings. The number of aliphatic hydroxyl groups excluding tert-OH is 2. The van der Waals surface area contributed by atoms with E-state index in [1.165, 1.54) is 5.56 Å². The van der Waals surface area contributed by atoms with Gasteiger partial charge in [-0.3, -0.25) is 20.0 Å². The van der Waals surface area contributed by atoms with E-state index in [9.17, 15) is 20.1 Å². The number of nitrogens with two attached hydrogens (primary N) is 1. The fraction of sp³-hybridized carbons (Fsp3) is 0.436. The number of ketones is 1. The van der Waals surface area contributed by atoms with E-state index < -0.39 is 18.4 Å². The molecule has 7 atom stereocenters. The number of allylic oxidation sites excluding steroid dienone is 2. The van der Waals surface area contributed by atoms with Crippen molar-refractivity contribution in [3.05, 3.63) is 93.8 Å². The number of hydrogen-bond acceptors (Lipinski definition) is 8. The molecule has 9 nitrogen and oxygen atoms in total. The fourth-order valence-electron chi connectivity index (χ4n) is 7.62. The van der Waals surface area contributed by atoms with Crippen molar-refractivity contribution in [1.29, 1.82) is 0 Å². The van der Waals surface area contributed by atoms with E-state index in [1.807, 2.05) is 18.3 Å². The summed E-state index contributed by atoms with van der Waals surface area (Å²) in [5.74, 6) is 7.14. The van der Waals surface area contributed by atoms with Gasteiger partial charge in [-0.2, -0.15) is 0 Å². The van der Waals surface area contributed by atoms with Crippen LogP contribution in [0.2, 0.25) is 0 Å². The Morgan fingerprint density at radius 2 is 2.04 bits per heavy atom. The highest BCUT2D eigenvalue weighted by Crippen LogP contribution is 2.35. The van der Waals surface area contributed by atoms with Crippen LogP contribution in [-0.2, 0) is 24.1 Å². The van der Waals surface area contributed by atoms with E-state index in [-0.39, 0.29) is 30.0 Å². The summed E-state index contributed by atoms with van der Waals surface area (Å²) in [6.45, 7) is 3.55. The number of carbonyl (C=O) groups excluding carboxylic acids is 1. The molecule has 4 aliphatic heterocycles. The third-order valence-corrected chi connectivity index (χ3v) is 10.5. The van der Waals surface area contributed by atoms with Gasteiger partial charge in [-0.1, -0.05) is 49.1 Å². The number of Topliss-reactive ketones (excluding diaryl/α,β-unsaturated/α-hetero) is 1. The number of aliphatic imine (C=N–C) groups is 1. The molecule has 2 bridgehead atoms. The maximum Gasteiger partial charge on any atom is 0.247 e. The van der Waals surface area contributed by atoms with Gasteiger partial charge in [0.2, 0.25) is 6.23 Å². The molecule has 9 heteroatoms. The minimum absolute atomic E-state index is 0.00805. The number of aryl methyl sites for hydroxylation is 1. The molecule has 0 radical (unpaired) electrons. The monoisotopic (exact) mass is 649 g/mol. The molecular weight excluding hydrogens is 604 g/mol. The number of hydrogen-bond donors (Lipinski definition) is 6. The highest BCUT2D eigenvalue weighted by atomic mass is 16.5. The number of phenolic OH excluding ortho intramolecular Hbond substituents is 1. The first-order valence-electron chi connectivity index (χ1n) is 17.2. The first-order chi connectivity index (χ1) is 23.2. The maximum absolute atomic E-state index is 12.8. The van der Waals surface area contributed by atoms with Crippen LogP contribution in [0, 0.1) is 23.7 Å². The molecule has 7 rings (SSSR count).